The minimum absolute atomic E-state index is 0. The molecule has 5 heavy (non-hydrogen) atoms. The SMILES string of the molecule is CO.CO.[W]. The summed E-state index contributed by atoms with van der Waals surface area (Å²) in [6.07, 6.45) is 0. The van der Waals surface area contributed by atoms with E-state index in [4.69, 9.17) is 10.2 Å². The summed E-state index contributed by atoms with van der Waals surface area (Å²) in [5.74, 6) is 0. The van der Waals surface area contributed by atoms with E-state index in [1.165, 1.54) is 0 Å². The van der Waals surface area contributed by atoms with Crippen LogP contribution in [-0.2, 0) is 21.1 Å². The molecule has 0 unspecified atom stereocenters. The molecular weight excluding hydrogens is 240 g/mol. The normalized spacial score (nSPS) is 2.40. The molecule has 0 atom stereocenters. The van der Waals surface area contributed by atoms with Gasteiger partial charge in [0, 0.05) is 35.3 Å². The van der Waals surface area contributed by atoms with Gasteiger partial charge in [0.05, 0.1) is 0 Å². The molecule has 2 N–H and O–H groups in total. The van der Waals surface area contributed by atoms with Crippen molar-refractivity contribution in [2.75, 3.05) is 14.2 Å². The van der Waals surface area contributed by atoms with Gasteiger partial charge in [-0.25, -0.2) is 0 Å². The van der Waals surface area contributed by atoms with Crippen LogP contribution in [0, 0.1) is 0 Å². The summed E-state index contributed by atoms with van der Waals surface area (Å²) in [5.41, 5.74) is 0. The van der Waals surface area contributed by atoms with E-state index in [1.807, 2.05) is 0 Å². The van der Waals surface area contributed by atoms with Crippen molar-refractivity contribution in [3.63, 3.8) is 0 Å². The smallest absolute Gasteiger partial charge is 0.0319 e. The molecule has 3 heteroatoms. The third kappa shape index (κ3) is 84.7. The van der Waals surface area contributed by atoms with Gasteiger partial charge in [0.2, 0.25) is 0 Å². The summed E-state index contributed by atoms with van der Waals surface area (Å²) >= 11 is 0. The first kappa shape index (κ1) is 17.5. The fourth-order valence-electron chi connectivity index (χ4n) is 0. The number of aliphatic hydroxyl groups excluding tert-OH is 2. The summed E-state index contributed by atoms with van der Waals surface area (Å²) in [6.45, 7) is 0. The molecule has 0 bridgehead atoms. The Morgan fingerprint density at radius 2 is 0.800 bits per heavy atom. The van der Waals surface area contributed by atoms with Crippen LogP contribution in [0.4, 0.5) is 0 Å². The van der Waals surface area contributed by atoms with Crippen LogP contribution in [0.2, 0.25) is 0 Å². The second-order valence-corrected chi connectivity index (χ2v) is 0. The molecule has 0 aromatic heterocycles. The zero-order valence-electron chi connectivity index (χ0n) is 3.30. The first-order valence-electron chi connectivity index (χ1n) is 0.894. The Morgan fingerprint density at radius 1 is 0.800 bits per heavy atom. The van der Waals surface area contributed by atoms with Crippen LogP contribution in [0.1, 0.15) is 0 Å². The van der Waals surface area contributed by atoms with Gasteiger partial charge >= 0.3 is 0 Å². The molecule has 0 aromatic rings. The van der Waals surface area contributed by atoms with E-state index in [-0.39, 0.29) is 21.1 Å². The summed E-state index contributed by atoms with van der Waals surface area (Å²) in [6, 6.07) is 0. The van der Waals surface area contributed by atoms with E-state index in [2.05, 4.69) is 0 Å². The van der Waals surface area contributed by atoms with E-state index in [0.717, 1.165) is 14.2 Å². The van der Waals surface area contributed by atoms with Crippen molar-refractivity contribution in [2.45, 2.75) is 0 Å². The molecule has 0 heterocycles. The molecule has 0 fully saturated rings. The van der Waals surface area contributed by atoms with Crippen molar-refractivity contribution in [3.8, 4) is 0 Å². The summed E-state index contributed by atoms with van der Waals surface area (Å²) < 4.78 is 0. The zero-order chi connectivity index (χ0) is 4.00. The molecule has 0 spiro atoms. The first-order valence-corrected chi connectivity index (χ1v) is 0.894. The maximum absolute atomic E-state index is 7.00. The van der Waals surface area contributed by atoms with Crippen LogP contribution in [-0.4, -0.2) is 24.4 Å². The Balaban J connectivity index is -0.0000000133. The zero-order valence-corrected chi connectivity index (χ0v) is 6.24. The van der Waals surface area contributed by atoms with Crippen LogP contribution in [0.5, 0.6) is 0 Å². The standard InChI is InChI=1S/2CH4O.W/c2*1-2;/h2*2H,1H3;. The largest absolute Gasteiger partial charge is 0.400 e. The topological polar surface area (TPSA) is 40.5 Å². The molecule has 0 aliphatic carbocycles. The molecule has 0 aliphatic rings. The van der Waals surface area contributed by atoms with Gasteiger partial charge in [-0.15, -0.1) is 0 Å². The van der Waals surface area contributed by atoms with Gasteiger partial charge in [0.1, 0.15) is 0 Å². The van der Waals surface area contributed by atoms with Crippen molar-refractivity contribution < 1.29 is 31.3 Å². The van der Waals surface area contributed by atoms with Crippen molar-refractivity contribution in [1.29, 1.82) is 0 Å². The molecule has 0 radical (unpaired) electrons. The quantitative estimate of drug-likeness (QED) is 0.590. The van der Waals surface area contributed by atoms with Gasteiger partial charge in [-0.3, -0.25) is 0 Å². The van der Waals surface area contributed by atoms with Crippen molar-refractivity contribution in [3.05, 3.63) is 0 Å². The molecule has 0 saturated carbocycles. The van der Waals surface area contributed by atoms with Crippen LogP contribution in [0.3, 0.4) is 0 Å². The molecule has 0 rings (SSSR count). The molecule has 34 valence electrons. The minimum atomic E-state index is 0. The molecule has 0 aliphatic heterocycles. The average molecular weight is 248 g/mol. The van der Waals surface area contributed by atoms with Crippen molar-refractivity contribution in [2.24, 2.45) is 0 Å². The van der Waals surface area contributed by atoms with E-state index in [9.17, 15) is 0 Å². The summed E-state index contributed by atoms with van der Waals surface area (Å²) in [5, 5.41) is 14.0. The Labute approximate surface area is 46.1 Å². The van der Waals surface area contributed by atoms with Crippen LogP contribution in [0.25, 0.3) is 0 Å². The average Bonchev–Trinajstić information content (AvgIpc) is 1.50. The fraction of sp³-hybridized carbons (Fsp3) is 1.00. The number of hydrogen-bond acceptors (Lipinski definition) is 2. The van der Waals surface area contributed by atoms with E-state index >= 15 is 0 Å². The Bertz CT molecular complexity index is 7.61. The van der Waals surface area contributed by atoms with E-state index in [1.54, 1.807) is 0 Å². The van der Waals surface area contributed by atoms with Crippen molar-refractivity contribution >= 4 is 0 Å². The second kappa shape index (κ2) is 162. The first-order chi connectivity index (χ1) is 2.00. The predicted molar refractivity (Wildman–Crippen MR) is 16.3 cm³/mol. The maximum atomic E-state index is 7.00. The van der Waals surface area contributed by atoms with Crippen LogP contribution in [0.15, 0.2) is 0 Å². The Morgan fingerprint density at radius 3 is 0.800 bits per heavy atom. The van der Waals surface area contributed by atoms with Gasteiger partial charge in [-0.1, -0.05) is 0 Å². The monoisotopic (exact) mass is 248 g/mol. The fourth-order valence-corrected chi connectivity index (χ4v) is 0. The molecule has 0 aromatic carbocycles. The predicted octanol–water partition coefficient (Wildman–Crippen LogP) is -0.786. The summed E-state index contributed by atoms with van der Waals surface area (Å²) in [4.78, 5) is 0. The van der Waals surface area contributed by atoms with E-state index in [0.29, 0.717) is 0 Å². The maximum Gasteiger partial charge on any atom is 0.0319 e. The number of hydrogen-bond donors (Lipinski definition) is 2. The van der Waals surface area contributed by atoms with Gasteiger partial charge in [0.25, 0.3) is 0 Å². The second-order valence-electron chi connectivity index (χ2n) is 0. The molecular formula is C2H8O2W. The number of aliphatic hydroxyl groups is 2. The number of rotatable bonds is 0. The van der Waals surface area contributed by atoms with Gasteiger partial charge in [-0.05, 0) is 0 Å². The third-order valence-corrected chi connectivity index (χ3v) is 0. The van der Waals surface area contributed by atoms with Gasteiger partial charge in [-0.2, -0.15) is 0 Å². The van der Waals surface area contributed by atoms with Crippen LogP contribution < -0.4 is 0 Å². The van der Waals surface area contributed by atoms with Gasteiger partial charge in [0.15, 0.2) is 0 Å². The Kier molecular flexibility index (Phi) is 568. The minimum Gasteiger partial charge on any atom is -0.400 e. The molecule has 0 saturated heterocycles. The Hall–Kier alpha value is 0.608. The van der Waals surface area contributed by atoms with Gasteiger partial charge < -0.3 is 10.2 Å². The van der Waals surface area contributed by atoms with Crippen LogP contribution >= 0.6 is 0 Å². The third-order valence-electron chi connectivity index (χ3n) is 0. The van der Waals surface area contributed by atoms with E-state index < -0.39 is 0 Å². The molecule has 0 amide bonds. The summed E-state index contributed by atoms with van der Waals surface area (Å²) in [7, 11) is 2.00. The molecule has 2 nitrogen and oxygen atoms in total. The van der Waals surface area contributed by atoms with Crippen molar-refractivity contribution in [1.82, 2.24) is 0 Å².